The maximum absolute atomic E-state index is 12.2. The van der Waals surface area contributed by atoms with Crippen molar-refractivity contribution in [3.05, 3.63) is 58.2 Å². The number of rotatable bonds is 10. The van der Waals surface area contributed by atoms with Gasteiger partial charge in [0, 0.05) is 12.1 Å². The van der Waals surface area contributed by atoms with Crippen molar-refractivity contribution in [2.24, 2.45) is 0 Å². The van der Waals surface area contributed by atoms with Gasteiger partial charge in [-0.2, -0.15) is 0 Å². The first-order valence-electron chi connectivity index (χ1n) is 12.7. The molecule has 3 heterocycles. The summed E-state index contributed by atoms with van der Waals surface area (Å²) >= 11 is 0. The number of hydrogen-bond donors (Lipinski definition) is 6. The van der Waals surface area contributed by atoms with E-state index in [9.17, 15) is 40.2 Å². The van der Waals surface area contributed by atoms with E-state index in [4.69, 9.17) is 32.8 Å². The second kappa shape index (κ2) is 13.2. The highest BCUT2D eigenvalue weighted by Crippen LogP contribution is 2.30. The Balaban J connectivity index is 1.31. The first kappa shape index (κ1) is 31.4. The molecule has 4 rings (SSSR count). The van der Waals surface area contributed by atoms with Crippen molar-refractivity contribution in [3.8, 4) is 17.2 Å². The molecule has 15 heteroatoms. The number of aliphatic hydroxyl groups excluding tert-OH is 4. The van der Waals surface area contributed by atoms with Gasteiger partial charge in [-0.05, 0) is 30.7 Å². The number of carbonyl (C=O) groups is 1. The molecule has 8 atom stereocenters. The fourth-order valence-electron chi connectivity index (χ4n) is 4.23. The van der Waals surface area contributed by atoms with Crippen molar-refractivity contribution >= 4 is 12.0 Å². The lowest BCUT2D eigenvalue weighted by Gasteiger charge is -2.40. The Morgan fingerprint density at radius 2 is 1.88 bits per heavy atom. The number of carbonyl (C=O) groups excluding carboxylic acids is 1. The molecule has 0 spiro atoms. The lowest BCUT2D eigenvalue weighted by Crippen LogP contribution is -2.60. The van der Waals surface area contributed by atoms with Crippen LogP contribution in [0.15, 0.2) is 45.8 Å². The van der Waals surface area contributed by atoms with E-state index in [2.05, 4.69) is 0 Å². The predicted molar refractivity (Wildman–Crippen MR) is 138 cm³/mol. The molecular weight excluding hydrogens is 564 g/mol. The molecule has 0 saturated carbocycles. The summed E-state index contributed by atoms with van der Waals surface area (Å²) in [6.45, 7) is -0.199. The van der Waals surface area contributed by atoms with Crippen LogP contribution in [0.2, 0.25) is 0 Å². The Hall–Kier alpha value is -3.54. The molecule has 0 radical (unpaired) electrons. The van der Waals surface area contributed by atoms with Crippen molar-refractivity contribution in [3.63, 3.8) is 0 Å². The van der Waals surface area contributed by atoms with Crippen molar-refractivity contribution in [1.82, 2.24) is 0 Å². The maximum atomic E-state index is 12.2. The number of hydrogen-bond acceptors (Lipinski definition) is 15. The molecule has 0 bridgehead atoms. The zero-order chi connectivity index (χ0) is 30.6. The summed E-state index contributed by atoms with van der Waals surface area (Å²) in [6.07, 6.45) is -7.60. The standard InChI is InChI=1S/C27H32O15/c1-13-23(16(29)7-8-37-13)42-25-22(33)21(32)20(31)18(41-25)10-38-26-24(34)27(35,12-40-26)11-39-19(30)6-4-14-3-5-15(28)17(9-14)36-2/h3-9,18,20-22,24-26,28,31-35H,10-12H2,1-2H3/t18-,20-,21+,22-,24+,25+,26-,27-/m1/s1. The largest absolute Gasteiger partial charge is 0.504 e. The molecule has 2 aliphatic heterocycles. The summed E-state index contributed by atoms with van der Waals surface area (Å²) in [6, 6.07) is 5.50. The monoisotopic (exact) mass is 596 g/mol. The van der Waals surface area contributed by atoms with Gasteiger partial charge in [0.25, 0.3) is 0 Å². The van der Waals surface area contributed by atoms with E-state index in [1.165, 1.54) is 38.3 Å². The van der Waals surface area contributed by atoms with Gasteiger partial charge < -0.3 is 63.5 Å². The van der Waals surface area contributed by atoms with Gasteiger partial charge in [-0.1, -0.05) is 6.07 Å². The molecule has 0 unspecified atom stereocenters. The number of phenols is 1. The Labute approximate surface area is 238 Å². The van der Waals surface area contributed by atoms with Gasteiger partial charge in [0.2, 0.25) is 17.5 Å². The third-order valence-electron chi connectivity index (χ3n) is 6.72. The summed E-state index contributed by atoms with van der Waals surface area (Å²) in [5.74, 6) is -0.890. The number of esters is 1. The minimum atomic E-state index is -2.04. The number of aromatic hydroxyl groups is 1. The number of ether oxygens (including phenoxy) is 6. The fourth-order valence-corrected chi connectivity index (χ4v) is 4.23. The van der Waals surface area contributed by atoms with Crippen LogP contribution in [0, 0.1) is 6.92 Å². The Bertz CT molecular complexity index is 1320. The van der Waals surface area contributed by atoms with Gasteiger partial charge in [0.05, 0.1) is 26.6 Å². The lowest BCUT2D eigenvalue weighted by molar-refractivity contribution is -0.289. The second-order valence-corrected chi connectivity index (χ2v) is 9.74. The van der Waals surface area contributed by atoms with Crippen LogP contribution in [0.5, 0.6) is 17.2 Å². The van der Waals surface area contributed by atoms with E-state index < -0.39 is 79.9 Å². The number of aryl methyl sites for hydroxylation is 1. The molecule has 15 nitrogen and oxygen atoms in total. The second-order valence-electron chi connectivity index (χ2n) is 9.74. The quantitative estimate of drug-likeness (QED) is 0.137. The first-order chi connectivity index (χ1) is 19.9. The van der Waals surface area contributed by atoms with Crippen LogP contribution in [0.25, 0.3) is 6.08 Å². The Kier molecular flexibility index (Phi) is 9.85. The molecule has 2 fully saturated rings. The number of aliphatic hydroxyl groups is 5. The molecule has 0 aliphatic carbocycles. The molecular formula is C27H32O15. The topological polar surface area (TPSA) is 224 Å². The summed E-state index contributed by atoms with van der Waals surface area (Å²) in [7, 11) is 1.38. The summed E-state index contributed by atoms with van der Waals surface area (Å²) in [5, 5.41) is 62.0. The van der Waals surface area contributed by atoms with Gasteiger partial charge >= 0.3 is 5.97 Å². The third kappa shape index (κ3) is 6.91. The van der Waals surface area contributed by atoms with Gasteiger partial charge in [-0.25, -0.2) is 4.79 Å². The average Bonchev–Trinajstić information content (AvgIpc) is 3.25. The smallest absolute Gasteiger partial charge is 0.330 e. The van der Waals surface area contributed by atoms with Crippen molar-refractivity contribution < 1.29 is 68.3 Å². The minimum absolute atomic E-state index is 0.0747. The van der Waals surface area contributed by atoms with E-state index in [1.807, 2.05) is 0 Å². The molecule has 2 aromatic rings. The molecule has 2 saturated heterocycles. The summed E-state index contributed by atoms with van der Waals surface area (Å²) in [4.78, 5) is 24.3. The average molecular weight is 597 g/mol. The van der Waals surface area contributed by atoms with Crippen molar-refractivity contribution in [2.75, 3.05) is 26.9 Å². The molecule has 1 aromatic carbocycles. The van der Waals surface area contributed by atoms with Crippen LogP contribution >= 0.6 is 0 Å². The summed E-state index contributed by atoms with van der Waals surface area (Å²) in [5.41, 5.74) is -2.08. The van der Waals surface area contributed by atoms with E-state index in [0.717, 1.165) is 18.4 Å². The predicted octanol–water partition coefficient (Wildman–Crippen LogP) is -1.43. The van der Waals surface area contributed by atoms with E-state index in [-0.39, 0.29) is 23.0 Å². The fraction of sp³-hybridized carbons (Fsp3) is 0.481. The van der Waals surface area contributed by atoms with Crippen molar-refractivity contribution in [2.45, 2.75) is 55.6 Å². The highest BCUT2D eigenvalue weighted by molar-refractivity contribution is 5.87. The molecule has 6 N–H and O–H groups in total. The van der Waals surface area contributed by atoms with Crippen LogP contribution in [0.4, 0.5) is 0 Å². The van der Waals surface area contributed by atoms with E-state index in [1.54, 1.807) is 0 Å². The maximum Gasteiger partial charge on any atom is 0.330 e. The normalized spacial score (nSPS) is 31.3. The highest BCUT2D eigenvalue weighted by Gasteiger charge is 2.51. The van der Waals surface area contributed by atoms with E-state index >= 15 is 0 Å². The van der Waals surface area contributed by atoms with Gasteiger partial charge in [0.15, 0.2) is 23.4 Å². The van der Waals surface area contributed by atoms with Crippen LogP contribution in [-0.4, -0.2) is 112 Å². The third-order valence-corrected chi connectivity index (χ3v) is 6.72. The minimum Gasteiger partial charge on any atom is -0.504 e. The zero-order valence-corrected chi connectivity index (χ0v) is 22.6. The van der Waals surface area contributed by atoms with Gasteiger partial charge in [-0.15, -0.1) is 0 Å². The highest BCUT2D eigenvalue weighted by atomic mass is 16.7. The molecule has 230 valence electrons. The van der Waals surface area contributed by atoms with Crippen LogP contribution in [0.3, 0.4) is 0 Å². The van der Waals surface area contributed by atoms with Crippen LogP contribution < -0.4 is 14.9 Å². The molecule has 2 aliphatic rings. The molecule has 1 aromatic heterocycles. The Morgan fingerprint density at radius 1 is 1.12 bits per heavy atom. The Morgan fingerprint density at radius 3 is 2.60 bits per heavy atom. The zero-order valence-electron chi connectivity index (χ0n) is 22.6. The first-order valence-corrected chi connectivity index (χ1v) is 12.7. The number of methoxy groups -OCH3 is 1. The molecule has 0 amide bonds. The van der Waals surface area contributed by atoms with Gasteiger partial charge in [-0.3, -0.25) is 4.79 Å². The molecule has 42 heavy (non-hydrogen) atoms. The van der Waals surface area contributed by atoms with Crippen LogP contribution in [0.1, 0.15) is 11.3 Å². The van der Waals surface area contributed by atoms with E-state index in [0.29, 0.717) is 5.56 Å². The van der Waals surface area contributed by atoms with Crippen molar-refractivity contribution in [1.29, 1.82) is 0 Å². The number of benzene rings is 1. The number of phenolic OH excluding ortho intramolecular Hbond substituents is 1. The SMILES string of the molecule is COc1cc(C=CC(=O)OC[C@@]2(O)CO[C@@H](OC[C@H]3O[C@@H](Oc4c(C)occc4=O)[C@H](O)[C@@H](O)[C@@H]3O)[C@@H]2O)ccc1O. The lowest BCUT2D eigenvalue weighted by atomic mass is 9.99. The summed E-state index contributed by atoms with van der Waals surface area (Å²) < 4.78 is 36.9. The van der Waals surface area contributed by atoms with Gasteiger partial charge in [0.1, 0.15) is 42.9 Å². The van der Waals surface area contributed by atoms with Crippen LogP contribution in [-0.2, 0) is 23.7 Å².